The fourth-order valence-electron chi connectivity index (χ4n) is 1.88. The second-order valence-electron chi connectivity index (χ2n) is 4.77. The second-order valence-corrected chi connectivity index (χ2v) is 7.26. The SMILES string of the molecule is COc1ccc(SCCCNC(=S)Nc2cccc(Br)c2)cc1. The normalized spacial score (nSPS) is 10.2. The monoisotopic (exact) mass is 410 g/mol. The summed E-state index contributed by atoms with van der Waals surface area (Å²) in [7, 11) is 1.68. The fraction of sp³-hybridized carbons (Fsp3) is 0.235. The van der Waals surface area contributed by atoms with Crippen molar-refractivity contribution in [3.63, 3.8) is 0 Å². The summed E-state index contributed by atoms with van der Waals surface area (Å²) in [6.45, 7) is 0.850. The van der Waals surface area contributed by atoms with Crippen molar-refractivity contribution in [1.82, 2.24) is 5.32 Å². The van der Waals surface area contributed by atoms with Gasteiger partial charge in [-0.2, -0.15) is 0 Å². The van der Waals surface area contributed by atoms with Crippen LogP contribution in [-0.4, -0.2) is 24.5 Å². The Morgan fingerprint density at radius 2 is 2.00 bits per heavy atom. The van der Waals surface area contributed by atoms with E-state index in [1.165, 1.54) is 4.90 Å². The van der Waals surface area contributed by atoms with Crippen LogP contribution in [0.25, 0.3) is 0 Å². The van der Waals surface area contributed by atoms with E-state index in [0.29, 0.717) is 5.11 Å². The predicted octanol–water partition coefficient (Wildman–Crippen LogP) is 4.93. The molecule has 2 aromatic rings. The van der Waals surface area contributed by atoms with Gasteiger partial charge in [0.2, 0.25) is 0 Å². The molecule has 0 heterocycles. The molecule has 0 aromatic heterocycles. The van der Waals surface area contributed by atoms with Crippen LogP contribution in [0.1, 0.15) is 6.42 Å². The van der Waals surface area contributed by atoms with Crippen LogP contribution < -0.4 is 15.4 Å². The molecule has 6 heteroatoms. The summed E-state index contributed by atoms with van der Waals surface area (Å²) in [5.74, 6) is 1.93. The summed E-state index contributed by atoms with van der Waals surface area (Å²) in [6.07, 6.45) is 1.04. The molecule has 0 amide bonds. The molecule has 23 heavy (non-hydrogen) atoms. The molecule has 0 spiro atoms. The zero-order valence-corrected chi connectivity index (χ0v) is 16.1. The fourth-order valence-corrected chi connectivity index (χ4v) is 3.35. The molecule has 122 valence electrons. The number of methoxy groups -OCH3 is 1. The molecule has 0 aliphatic rings. The maximum atomic E-state index is 5.29. The van der Waals surface area contributed by atoms with Crippen LogP contribution >= 0.6 is 39.9 Å². The van der Waals surface area contributed by atoms with Gasteiger partial charge in [0.1, 0.15) is 5.75 Å². The Bertz CT molecular complexity index is 635. The number of anilines is 1. The number of thioether (sulfide) groups is 1. The van der Waals surface area contributed by atoms with Crippen molar-refractivity contribution >= 4 is 50.7 Å². The Balaban J connectivity index is 1.62. The first-order chi connectivity index (χ1) is 11.2. The van der Waals surface area contributed by atoms with Gasteiger partial charge in [0, 0.05) is 21.6 Å². The minimum atomic E-state index is 0.651. The average molecular weight is 411 g/mol. The summed E-state index contributed by atoms with van der Waals surface area (Å²) < 4.78 is 6.18. The molecular weight excluding hydrogens is 392 g/mol. The Morgan fingerprint density at radius 3 is 2.70 bits per heavy atom. The van der Waals surface area contributed by atoms with Gasteiger partial charge in [-0.1, -0.05) is 22.0 Å². The Hall–Kier alpha value is -1.24. The van der Waals surface area contributed by atoms with Gasteiger partial charge in [0.25, 0.3) is 0 Å². The molecule has 0 aliphatic carbocycles. The van der Waals surface area contributed by atoms with Crippen molar-refractivity contribution < 1.29 is 4.74 Å². The van der Waals surface area contributed by atoms with Gasteiger partial charge in [0.15, 0.2) is 5.11 Å². The lowest BCUT2D eigenvalue weighted by Crippen LogP contribution is -2.29. The third-order valence-electron chi connectivity index (χ3n) is 3.02. The highest BCUT2D eigenvalue weighted by atomic mass is 79.9. The van der Waals surface area contributed by atoms with E-state index >= 15 is 0 Å². The molecule has 3 nitrogen and oxygen atoms in total. The average Bonchev–Trinajstić information content (AvgIpc) is 2.55. The van der Waals surface area contributed by atoms with Gasteiger partial charge < -0.3 is 15.4 Å². The summed E-state index contributed by atoms with van der Waals surface area (Å²) in [4.78, 5) is 1.25. The van der Waals surface area contributed by atoms with Crippen molar-refractivity contribution in [3.05, 3.63) is 53.0 Å². The summed E-state index contributed by atoms with van der Waals surface area (Å²) >= 11 is 10.6. The van der Waals surface area contributed by atoms with Gasteiger partial charge in [-0.25, -0.2) is 0 Å². The smallest absolute Gasteiger partial charge is 0.170 e. The molecule has 0 unspecified atom stereocenters. The van der Waals surface area contributed by atoms with Crippen LogP contribution in [0, 0.1) is 0 Å². The van der Waals surface area contributed by atoms with Crippen molar-refractivity contribution in [2.24, 2.45) is 0 Å². The molecule has 2 rings (SSSR count). The van der Waals surface area contributed by atoms with Crippen LogP contribution in [0.3, 0.4) is 0 Å². The van der Waals surface area contributed by atoms with E-state index < -0.39 is 0 Å². The van der Waals surface area contributed by atoms with Crippen molar-refractivity contribution in [1.29, 1.82) is 0 Å². The van der Waals surface area contributed by atoms with Crippen LogP contribution in [0.5, 0.6) is 5.75 Å². The number of nitrogens with one attached hydrogen (secondary N) is 2. The largest absolute Gasteiger partial charge is 0.497 e. The van der Waals surface area contributed by atoms with E-state index in [1.807, 2.05) is 48.2 Å². The molecule has 0 aliphatic heterocycles. The summed E-state index contributed by atoms with van der Waals surface area (Å²) in [5, 5.41) is 7.05. The summed E-state index contributed by atoms with van der Waals surface area (Å²) in [6, 6.07) is 16.1. The van der Waals surface area contributed by atoms with Crippen LogP contribution in [-0.2, 0) is 0 Å². The predicted molar refractivity (Wildman–Crippen MR) is 107 cm³/mol. The Kier molecular flexibility index (Phi) is 7.71. The van der Waals surface area contributed by atoms with Crippen LogP contribution in [0.4, 0.5) is 5.69 Å². The molecule has 2 N–H and O–H groups in total. The highest BCUT2D eigenvalue weighted by Gasteiger charge is 1.99. The van der Waals surface area contributed by atoms with E-state index in [0.717, 1.165) is 34.6 Å². The van der Waals surface area contributed by atoms with Crippen molar-refractivity contribution in [2.45, 2.75) is 11.3 Å². The third kappa shape index (κ3) is 6.81. The highest BCUT2D eigenvalue weighted by Crippen LogP contribution is 2.21. The molecule has 0 radical (unpaired) electrons. The minimum absolute atomic E-state index is 0.651. The number of halogens is 1. The van der Waals surface area contributed by atoms with E-state index in [4.69, 9.17) is 17.0 Å². The number of benzene rings is 2. The van der Waals surface area contributed by atoms with Gasteiger partial charge in [0.05, 0.1) is 7.11 Å². The number of thiocarbonyl (C=S) groups is 1. The lowest BCUT2D eigenvalue weighted by atomic mass is 10.3. The summed E-state index contributed by atoms with van der Waals surface area (Å²) in [5.41, 5.74) is 0.976. The molecule has 0 fully saturated rings. The van der Waals surface area contributed by atoms with Crippen LogP contribution in [0.15, 0.2) is 57.9 Å². The van der Waals surface area contributed by atoms with Gasteiger partial charge in [-0.3, -0.25) is 0 Å². The Morgan fingerprint density at radius 1 is 1.22 bits per heavy atom. The zero-order chi connectivity index (χ0) is 16.5. The van der Waals surface area contributed by atoms with Gasteiger partial charge >= 0.3 is 0 Å². The first-order valence-corrected chi connectivity index (χ1v) is 9.43. The van der Waals surface area contributed by atoms with E-state index in [1.54, 1.807) is 7.11 Å². The number of ether oxygens (including phenoxy) is 1. The van der Waals surface area contributed by atoms with E-state index in [2.05, 4.69) is 38.7 Å². The lowest BCUT2D eigenvalue weighted by molar-refractivity contribution is 0.414. The lowest BCUT2D eigenvalue weighted by Gasteiger charge is -2.10. The molecule has 2 aromatic carbocycles. The van der Waals surface area contributed by atoms with E-state index in [9.17, 15) is 0 Å². The highest BCUT2D eigenvalue weighted by molar-refractivity contribution is 9.10. The van der Waals surface area contributed by atoms with Crippen molar-refractivity contribution in [2.75, 3.05) is 24.7 Å². The number of rotatable bonds is 7. The molecule has 0 bridgehead atoms. The quantitative estimate of drug-likeness (QED) is 0.384. The van der Waals surface area contributed by atoms with Crippen molar-refractivity contribution in [3.8, 4) is 5.75 Å². The third-order valence-corrected chi connectivity index (χ3v) is 4.86. The first-order valence-electron chi connectivity index (χ1n) is 7.24. The van der Waals surface area contributed by atoms with Gasteiger partial charge in [-0.05, 0) is 66.9 Å². The van der Waals surface area contributed by atoms with Gasteiger partial charge in [-0.15, -0.1) is 11.8 Å². The molecule has 0 atom stereocenters. The Labute approximate surface area is 155 Å². The van der Waals surface area contributed by atoms with E-state index in [-0.39, 0.29) is 0 Å². The maximum Gasteiger partial charge on any atom is 0.170 e. The molecule has 0 saturated heterocycles. The first kappa shape index (κ1) is 18.1. The maximum absolute atomic E-state index is 5.29. The molecular formula is C17H19BrN2OS2. The number of hydrogen-bond donors (Lipinski definition) is 2. The topological polar surface area (TPSA) is 33.3 Å². The molecule has 0 saturated carbocycles. The standard InChI is InChI=1S/C17H19BrN2OS2/c1-21-15-6-8-16(9-7-15)23-11-3-10-19-17(22)20-14-5-2-4-13(18)12-14/h2,4-9,12H,3,10-11H2,1H3,(H2,19,20,22). The van der Waals surface area contributed by atoms with Crippen LogP contribution in [0.2, 0.25) is 0 Å². The number of hydrogen-bond acceptors (Lipinski definition) is 3. The zero-order valence-electron chi connectivity index (χ0n) is 12.8. The minimum Gasteiger partial charge on any atom is -0.497 e. The second kappa shape index (κ2) is 9.80.